The van der Waals surface area contributed by atoms with Crippen molar-refractivity contribution in [1.82, 2.24) is 0 Å². The predicted octanol–water partition coefficient (Wildman–Crippen LogP) is 9.40. The number of aliphatic imine (C=N–C) groups is 1. The molecule has 280 valence electrons. The summed E-state index contributed by atoms with van der Waals surface area (Å²) in [5.74, 6) is 0. The lowest BCUT2D eigenvalue weighted by molar-refractivity contribution is -0.669. The summed E-state index contributed by atoms with van der Waals surface area (Å²) in [6.45, 7) is 11.8. The molecule has 0 aliphatic carbocycles. The van der Waals surface area contributed by atoms with Gasteiger partial charge in [-0.05, 0) is 81.3 Å². The SMILES string of the molecule is C(/C=C/Cc1ccccc1)=Nc1ccccc1.CCN1/C(=C\C=C\c2sc3ccccc3[n+]2CC)Sc2ccccc21.CC[n+]1c(C)sc2ccccc21.[I-]. The summed E-state index contributed by atoms with van der Waals surface area (Å²) in [7, 11) is 0. The van der Waals surface area contributed by atoms with Crippen molar-refractivity contribution in [1.29, 1.82) is 0 Å². The Morgan fingerprint density at radius 2 is 1.25 bits per heavy atom. The van der Waals surface area contributed by atoms with E-state index in [-0.39, 0.29) is 24.0 Å². The zero-order valence-electron chi connectivity index (χ0n) is 31.9. The summed E-state index contributed by atoms with van der Waals surface area (Å²) in [6.07, 6.45) is 13.5. The van der Waals surface area contributed by atoms with E-state index < -0.39 is 0 Å². The fourth-order valence-electron chi connectivity index (χ4n) is 6.28. The Bertz CT molecular complexity index is 2380. The van der Waals surface area contributed by atoms with E-state index in [2.05, 4.69) is 168 Å². The zero-order chi connectivity index (χ0) is 37.5. The number of halogens is 1. The van der Waals surface area contributed by atoms with E-state index in [1.807, 2.05) is 83.1 Å². The number of rotatable bonds is 9. The van der Waals surface area contributed by atoms with Crippen molar-refractivity contribution < 1.29 is 33.1 Å². The number of allylic oxidation sites excluding steroid dienone is 4. The fraction of sp³-hybridized carbons (Fsp3) is 0.170. The van der Waals surface area contributed by atoms with Gasteiger partial charge in [0.25, 0.3) is 5.01 Å². The molecule has 8 heteroatoms. The van der Waals surface area contributed by atoms with Gasteiger partial charge >= 0.3 is 0 Å². The summed E-state index contributed by atoms with van der Waals surface area (Å²) >= 11 is 5.57. The minimum Gasteiger partial charge on any atom is -1.00 e. The molecule has 5 aromatic carbocycles. The normalized spacial score (nSPS) is 12.9. The van der Waals surface area contributed by atoms with Crippen LogP contribution in [0.4, 0.5) is 11.4 Å². The molecule has 4 nitrogen and oxygen atoms in total. The van der Waals surface area contributed by atoms with Crippen molar-refractivity contribution in [3.63, 3.8) is 0 Å². The molecule has 2 aromatic heterocycles. The maximum absolute atomic E-state index is 4.33. The molecule has 1 aliphatic rings. The summed E-state index contributed by atoms with van der Waals surface area (Å²) < 4.78 is 7.45. The average Bonchev–Trinajstić information content (AvgIpc) is 3.88. The lowest BCUT2D eigenvalue weighted by Crippen LogP contribution is -3.00. The van der Waals surface area contributed by atoms with E-state index >= 15 is 0 Å². The number of benzene rings is 5. The Balaban J connectivity index is 0.000000168. The van der Waals surface area contributed by atoms with Crippen molar-refractivity contribution in [3.05, 3.63) is 178 Å². The number of thioether (sulfide) groups is 1. The molecular weight excluding hydrogens is 844 g/mol. The summed E-state index contributed by atoms with van der Waals surface area (Å²) in [5.41, 5.74) is 6.30. The van der Waals surface area contributed by atoms with Crippen molar-refractivity contribution in [2.24, 2.45) is 4.99 Å². The molecule has 0 saturated heterocycles. The molecule has 1 aliphatic heterocycles. The first-order chi connectivity index (χ1) is 26.6. The van der Waals surface area contributed by atoms with Gasteiger partial charge in [0.2, 0.25) is 16.0 Å². The van der Waals surface area contributed by atoms with Crippen LogP contribution in [-0.2, 0) is 19.5 Å². The molecule has 0 atom stereocenters. The molecule has 0 amide bonds. The van der Waals surface area contributed by atoms with Gasteiger partial charge < -0.3 is 28.9 Å². The molecule has 0 N–H and O–H groups in total. The smallest absolute Gasteiger partial charge is 0.262 e. The number of aryl methyl sites for hydroxylation is 3. The summed E-state index contributed by atoms with van der Waals surface area (Å²) in [6, 6.07) is 46.1. The van der Waals surface area contributed by atoms with Gasteiger partial charge in [-0.25, -0.2) is 0 Å². The second kappa shape index (κ2) is 21.7. The molecule has 55 heavy (non-hydrogen) atoms. The molecule has 0 saturated carbocycles. The molecule has 0 radical (unpaired) electrons. The first-order valence-corrected chi connectivity index (χ1v) is 21.0. The third kappa shape index (κ3) is 11.1. The first-order valence-electron chi connectivity index (χ1n) is 18.6. The van der Waals surface area contributed by atoms with Gasteiger partial charge in [-0.15, -0.1) is 0 Å². The Hall–Kier alpha value is -4.35. The molecular formula is C47H48IN4S3+. The topological polar surface area (TPSA) is 23.4 Å². The maximum atomic E-state index is 4.33. The second-order valence-electron chi connectivity index (χ2n) is 12.4. The summed E-state index contributed by atoms with van der Waals surface area (Å²) in [5, 5.41) is 3.98. The maximum Gasteiger partial charge on any atom is 0.262 e. The second-order valence-corrected chi connectivity index (χ2v) is 15.8. The first kappa shape index (κ1) is 41.8. The third-order valence-corrected chi connectivity index (χ3v) is 12.2. The number of hydrogen-bond acceptors (Lipinski definition) is 5. The lowest BCUT2D eigenvalue weighted by atomic mass is 10.1. The molecule has 8 rings (SSSR count). The third-order valence-electron chi connectivity index (χ3n) is 8.89. The van der Waals surface area contributed by atoms with Crippen molar-refractivity contribution in [3.8, 4) is 0 Å². The van der Waals surface area contributed by atoms with Crippen LogP contribution in [0.2, 0.25) is 0 Å². The molecule has 0 fully saturated rings. The fourth-order valence-corrected chi connectivity index (χ4v) is 9.65. The van der Waals surface area contributed by atoms with Gasteiger partial charge in [-0.3, -0.25) is 4.99 Å². The number of fused-ring (bicyclic) bond motifs is 3. The van der Waals surface area contributed by atoms with Gasteiger partial charge in [-0.1, -0.05) is 132 Å². The number of para-hydroxylation sites is 4. The Kier molecular flexibility index (Phi) is 16.5. The number of nitrogens with zero attached hydrogens (tertiary/aromatic N) is 4. The highest BCUT2D eigenvalue weighted by atomic mass is 127. The van der Waals surface area contributed by atoms with Crippen LogP contribution in [0.5, 0.6) is 0 Å². The molecule has 0 unspecified atom stereocenters. The number of aromatic nitrogens is 2. The molecule has 7 aromatic rings. The van der Waals surface area contributed by atoms with Crippen LogP contribution in [0.25, 0.3) is 26.5 Å². The van der Waals surface area contributed by atoms with E-state index in [1.165, 1.54) is 51.6 Å². The highest BCUT2D eigenvalue weighted by Gasteiger charge is 2.23. The van der Waals surface area contributed by atoms with Crippen LogP contribution in [0, 0.1) is 6.92 Å². The number of hydrogen-bond donors (Lipinski definition) is 0. The van der Waals surface area contributed by atoms with Crippen LogP contribution in [0.3, 0.4) is 0 Å². The molecule has 3 heterocycles. The quantitative estimate of drug-likeness (QED) is 0.0820. The van der Waals surface area contributed by atoms with Crippen LogP contribution in [0.1, 0.15) is 36.3 Å². The van der Waals surface area contributed by atoms with E-state index in [0.29, 0.717) is 0 Å². The highest BCUT2D eigenvalue weighted by Crippen LogP contribution is 2.45. The largest absolute Gasteiger partial charge is 1.00 e. The number of thiazole rings is 2. The Morgan fingerprint density at radius 3 is 1.95 bits per heavy atom. The van der Waals surface area contributed by atoms with Gasteiger partial charge in [0.05, 0.1) is 16.4 Å². The Labute approximate surface area is 355 Å². The molecule has 0 bridgehead atoms. The van der Waals surface area contributed by atoms with Crippen LogP contribution >= 0.6 is 34.4 Å². The number of anilines is 1. The minimum absolute atomic E-state index is 0. The van der Waals surface area contributed by atoms with Crippen LogP contribution in [0.15, 0.2) is 173 Å². The monoisotopic (exact) mass is 891 g/mol. The molecule has 0 spiro atoms. The van der Waals surface area contributed by atoms with Crippen molar-refractivity contribution in [2.45, 2.75) is 52.1 Å². The minimum atomic E-state index is 0. The predicted molar refractivity (Wildman–Crippen MR) is 236 cm³/mol. The van der Waals surface area contributed by atoms with Crippen LogP contribution in [-0.4, -0.2) is 12.8 Å². The van der Waals surface area contributed by atoms with Gasteiger partial charge in [0.1, 0.15) is 22.5 Å². The van der Waals surface area contributed by atoms with E-state index in [0.717, 1.165) is 31.7 Å². The zero-order valence-corrected chi connectivity index (χ0v) is 36.5. The highest BCUT2D eigenvalue weighted by molar-refractivity contribution is 8.03. The van der Waals surface area contributed by atoms with Crippen molar-refractivity contribution in [2.75, 3.05) is 11.4 Å². The van der Waals surface area contributed by atoms with Gasteiger partial charge in [0, 0.05) is 42.8 Å². The van der Waals surface area contributed by atoms with E-state index in [4.69, 9.17) is 0 Å². The Morgan fingerprint density at radius 1 is 0.655 bits per heavy atom. The van der Waals surface area contributed by atoms with Gasteiger partial charge in [-0.2, -0.15) is 9.13 Å². The summed E-state index contributed by atoms with van der Waals surface area (Å²) in [4.78, 5) is 8.05. The van der Waals surface area contributed by atoms with E-state index in [1.54, 1.807) is 0 Å². The van der Waals surface area contributed by atoms with Crippen molar-refractivity contribution >= 4 is 78.5 Å². The van der Waals surface area contributed by atoms with E-state index in [9.17, 15) is 0 Å². The standard InChI is InChI=1S/C21H21N2S2.C16H15N.C10H12NS.HI/c1-3-22-16-10-5-7-12-18(16)24-20(22)14-9-15-21-23(4-2)17-11-6-8-13-19(17)25-21;1-3-9-15(10-4-1)11-7-8-14-17-16-12-5-2-6-13-16;1-3-11-8(2)12-10-7-5-4-6-9(10)11;/h5-15H,3-4H2,1-2H3;1-10,12-14H,11H2;4-7H,3H2,1-2H3;1H/q+1;;+1;/p-1/b;8-7+,17-14?;;. The lowest BCUT2D eigenvalue weighted by Gasteiger charge is -2.17. The van der Waals surface area contributed by atoms with Crippen LogP contribution < -0.4 is 38.0 Å². The van der Waals surface area contributed by atoms with Gasteiger partial charge in [0.15, 0.2) is 0 Å². The average molecular weight is 892 g/mol.